The maximum absolute atomic E-state index is 14.3. The predicted octanol–water partition coefficient (Wildman–Crippen LogP) is 7.77. The molecule has 178 valence electrons. The number of nitrogens with zero attached hydrogens (tertiary/aromatic N) is 1. The van der Waals surface area contributed by atoms with Gasteiger partial charge in [-0.15, -0.1) is 6.58 Å². The van der Waals surface area contributed by atoms with Crippen LogP contribution in [0.5, 0.6) is 0 Å². The number of nitrogens with one attached hydrogen (secondary N) is 1. The Bertz CT molecular complexity index is 766. The summed E-state index contributed by atoms with van der Waals surface area (Å²) in [7, 11) is 0. The van der Waals surface area contributed by atoms with Gasteiger partial charge in [0.2, 0.25) is 0 Å². The van der Waals surface area contributed by atoms with Crippen LogP contribution < -0.4 is 5.32 Å². The molecular weight excluding hydrogens is 395 g/mol. The lowest BCUT2D eigenvalue weighted by atomic mass is 9.81. The van der Waals surface area contributed by atoms with Crippen molar-refractivity contribution in [2.45, 2.75) is 91.1 Å². The van der Waals surface area contributed by atoms with Gasteiger partial charge in [0.25, 0.3) is 0 Å². The average molecular weight is 441 g/mol. The van der Waals surface area contributed by atoms with Crippen LogP contribution in [0, 0.1) is 12.8 Å². The second-order valence-electron chi connectivity index (χ2n) is 9.06. The van der Waals surface area contributed by atoms with E-state index >= 15 is 0 Å². The number of unbranched alkanes of at least 4 members (excludes halogenated alkanes) is 2. The van der Waals surface area contributed by atoms with Crippen molar-refractivity contribution < 1.29 is 4.39 Å². The van der Waals surface area contributed by atoms with Crippen molar-refractivity contribution in [1.82, 2.24) is 10.2 Å². The first-order valence-corrected chi connectivity index (χ1v) is 12.8. The third-order valence-corrected chi connectivity index (χ3v) is 6.71. The molecule has 1 aromatic rings. The highest BCUT2D eigenvalue weighted by Crippen LogP contribution is 2.40. The molecule has 4 unspecified atom stereocenters. The summed E-state index contributed by atoms with van der Waals surface area (Å²) in [5.41, 5.74) is 3.08. The van der Waals surface area contributed by atoms with Crippen LogP contribution in [0.1, 0.15) is 88.8 Å². The molecule has 0 radical (unpaired) electrons. The highest BCUT2D eigenvalue weighted by molar-refractivity contribution is 5.66. The lowest BCUT2D eigenvalue weighted by Crippen LogP contribution is -2.35. The molecule has 2 aliphatic rings. The van der Waals surface area contributed by atoms with Gasteiger partial charge < -0.3 is 10.2 Å². The van der Waals surface area contributed by atoms with Gasteiger partial charge in [0.1, 0.15) is 5.83 Å². The van der Waals surface area contributed by atoms with Crippen LogP contribution in [0.2, 0.25) is 0 Å². The van der Waals surface area contributed by atoms with Crippen molar-refractivity contribution in [3.63, 3.8) is 0 Å². The first-order chi connectivity index (χ1) is 15.5. The quantitative estimate of drug-likeness (QED) is 0.264. The van der Waals surface area contributed by atoms with Gasteiger partial charge in [0, 0.05) is 36.7 Å². The average Bonchev–Trinajstić information content (AvgIpc) is 3.55. The molecule has 32 heavy (non-hydrogen) atoms. The minimum Gasteiger partial charge on any atom is -0.378 e. The van der Waals surface area contributed by atoms with Crippen molar-refractivity contribution in [3.8, 4) is 0 Å². The van der Waals surface area contributed by atoms with E-state index in [9.17, 15) is 4.39 Å². The van der Waals surface area contributed by atoms with Crippen LogP contribution in [0.3, 0.4) is 0 Å². The smallest absolute Gasteiger partial charge is 0.126 e. The molecule has 3 heteroatoms. The Morgan fingerprint density at radius 3 is 2.78 bits per heavy atom. The van der Waals surface area contributed by atoms with Crippen LogP contribution in [0.4, 0.5) is 4.39 Å². The molecule has 0 bridgehead atoms. The van der Waals surface area contributed by atoms with Crippen molar-refractivity contribution >= 4 is 5.83 Å². The van der Waals surface area contributed by atoms with Crippen molar-refractivity contribution in [2.24, 2.45) is 5.92 Å². The van der Waals surface area contributed by atoms with Gasteiger partial charge >= 0.3 is 0 Å². The fourth-order valence-electron chi connectivity index (χ4n) is 4.64. The van der Waals surface area contributed by atoms with E-state index in [4.69, 9.17) is 0 Å². The van der Waals surface area contributed by atoms with Gasteiger partial charge in [-0.3, -0.25) is 0 Å². The minimum absolute atomic E-state index is 0.0568. The lowest BCUT2D eigenvalue weighted by molar-refractivity contribution is 0.367. The third kappa shape index (κ3) is 7.62. The number of rotatable bonds is 12. The van der Waals surface area contributed by atoms with Crippen LogP contribution in [0.25, 0.3) is 5.83 Å². The number of aryl methyl sites for hydroxylation is 1. The van der Waals surface area contributed by atoms with Crippen molar-refractivity contribution in [2.75, 3.05) is 13.1 Å². The predicted molar refractivity (Wildman–Crippen MR) is 139 cm³/mol. The minimum atomic E-state index is -0.0568. The molecule has 1 N–H and O–H groups in total. The third-order valence-electron chi connectivity index (χ3n) is 6.71. The molecule has 3 rings (SSSR count). The van der Waals surface area contributed by atoms with Crippen molar-refractivity contribution in [1.29, 1.82) is 0 Å². The second-order valence-corrected chi connectivity index (χ2v) is 9.06. The number of hydrogen-bond acceptors (Lipinski definition) is 2. The Labute approximate surface area is 196 Å². The molecular formula is C29H45FN2. The first-order valence-electron chi connectivity index (χ1n) is 12.8. The monoisotopic (exact) mass is 440 g/mol. The topological polar surface area (TPSA) is 15.3 Å². The fraction of sp³-hybridized carbons (Fsp3) is 0.586. The summed E-state index contributed by atoms with van der Waals surface area (Å²) in [6.07, 6.45) is 15.0. The molecule has 0 spiro atoms. The SMILES string of the molecule is C=CCCC/C=C/N(CC)CCC1CC1NC(C)C1CC=C(F)c2cc(C)ccc21.CC. The normalized spacial score (nSPS) is 22.4. The standard InChI is InChI=1S/C27H39FN2.C2H6/c1-5-7-8-9-10-16-30(6-2)17-15-22-19-27(22)29-21(4)23-13-14-26(28)25-18-20(3)11-12-24(23)25;1-2/h5,10-12,14,16,18,21-23,27,29H,1,6-9,13,15,17,19H2,2-4H3;1-2H3/b16-10+;. The highest BCUT2D eigenvalue weighted by Gasteiger charge is 2.39. The molecule has 1 saturated carbocycles. The Kier molecular flexibility index (Phi) is 11.2. The molecule has 1 aromatic carbocycles. The number of benzene rings is 1. The second kappa shape index (κ2) is 13.6. The van der Waals surface area contributed by atoms with Crippen LogP contribution in [-0.2, 0) is 0 Å². The summed E-state index contributed by atoms with van der Waals surface area (Å²) >= 11 is 0. The van der Waals surface area contributed by atoms with Crippen LogP contribution in [-0.4, -0.2) is 30.1 Å². The summed E-state index contributed by atoms with van der Waals surface area (Å²) in [6, 6.07) is 7.20. The van der Waals surface area contributed by atoms with Gasteiger partial charge in [0.15, 0.2) is 0 Å². The zero-order chi connectivity index (χ0) is 23.5. The maximum atomic E-state index is 14.3. The number of hydrogen-bond donors (Lipinski definition) is 1. The zero-order valence-electron chi connectivity index (χ0n) is 21.0. The molecule has 0 saturated heterocycles. The molecule has 0 aliphatic heterocycles. The molecule has 4 atom stereocenters. The van der Waals surface area contributed by atoms with Gasteiger partial charge in [-0.1, -0.05) is 43.7 Å². The number of allylic oxidation sites excluding steroid dienone is 3. The van der Waals surface area contributed by atoms with Crippen LogP contribution in [0.15, 0.2) is 49.2 Å². The summed E-state index contributed by atoms with van der Waals surface area (Å²) in [4.78, 5) is 2.43. The highest BCUT2D eigenvalue weighted by atomic mass is 19.1. The van der Waals surface area contributed by atoms with E-state index in [0.717, 1.165) is 55.0 Å². The maximum Gasteiger partial charge on any atom is 0.126 e. The van der Waals surface area contributed by atoms with E-state index in [-0.39, 0.29) is 5.83 Å². The van der Waals surface area contributed by atoms with E-state index in [1.807, 2.05) is 32.9 Å². The van der Waals surface area contributed by atoms with E-state index in [1.165, 1.54) is 19.3 Å². The summed E-state index contributed by atoms with van der Waals surface area (Å²) in [5, 5.41) is 3.85. The van der Waals surface area contributed by atoms with Gasteiger partial charge in [-0.05, 0) is 89.1 Å². The van der Waals surface area contributed by atoms with Crippen LogP contribution >= 0.6 is 0 Å². The Morgan fingerprint density at radius 1 is 1.28 bits per heavy atom. The molecule has 0 amide bonds. The fourth-order valence-corrected chi connectivity index (χ4v) is 4.64. The number of fused-ring (bicyclic) bond motifs is 1. The van der Waals surface area contributed by atoms with E-state index in [1.54, 1.807) is 6.08 Å². The van der Waals surface area contributed by atoms with Gasteiger partial charge in [-0.25, -0.2) is 4.39 Å². The summed E-state index contributed by atoms with van der Waals surface area (Å²) in [6.45, 7) is 16.5. The van der Waals surface area contributed by atoms with Gasteiger partial charge in [0.05, 0.1) is 0 Å². The van der Waals surface area contributed by atoms with Crippen molar-refractivity contribution in [3.05, 3.63) is 65.9 Å². The molecule has 1 fully saturated rings. The lowest BCUT2D eigenvalue weighted by Gasteiger charge is -2.29. The Balaban J connectivity index is 0.00000176. The largest absolute Gasteiger partial charge is 0.378 e. The molecule has 2 nitrogen and oxygen atoms in total. The molecule has 0 aromatic heterocycles. The Morgan fingerprint density at radius 2 is 2.06 bits per heavy atom. The first kappa shape index (κ1) is 26.4. The molecule has 0 heterocycles. The van der Waals surface area contributed by atoms with E-state index in [0.29, 0.717) is 18.0 Å². The molecule has 2 aliphatic carbocycles. The van der Waals surface area contributed by atoms with E-state index in [2.05, 4.69) is 55.1 Å². The summed E-state index contributed by atoms with van der Waals surface area (Å²) in [5.74, 6) is 1.06. The zero-order valence-corrected chi connectivity index (χ0v) is 21.0. The van der Waals surface area contributed by atoms with Gasteiger partial charge in [-0.2, -0.15) is 0 Å². The van der Waals surface area contributed by atoms with E-state index < -0.39 is 0 Å². The summed E-state index contributed by atoms with van der Waals surface area (Å²) < 4.78 is 14.3. The Hall–Kier alpha value is -1.87. The number of halogens is 1.